The number of amides is 4. The third kappa shape index (κ3) is 5.49. The van der Waals surface area contributed by atoms with Crippen molar-refractivity contribution in [1.29, 1.82) is 0 Å². The van der Waals surface area contributed by atoms with E-state index in [1.165, 1.54) is 35.4 Å². The van der Waals surface area contributed by atoms with Crippen molar-refractivity contribution in [3.05, 3.63) is 48.2 Å². The second-order valence-electron chi connectivity index (χ2n) is 6.70. The lowest BCUT2D eigenvalue weighted by Gasteiger charge is -2.19. The van der Waals surface area contributed by atoms with E-state index in [1.54, 1.807) is 26.0 Å². The highest BCUT2D eigenvalue weighted by atomic mass is 32.2. The van der Waals surface area contributed by atoms with Gasteiger partial charge in [0.1, 0.15) is 11.9 Å². The van der Waals surface area contributed by atoms with Crippen LogP contribution >= 0.6 is 11.8 Å². The highest BCUT2D eigenvalue weighted by Crippen LogP contribution is 2.38. The summed E-state index contributed by atoms with van der Waals surface area (Å²) in [6.45, 7) is 3.48. The number of halogens is 3. The zero-order chi connectivity index (χ0) is 23.5. The van der Waals surface area contributed by atoms with E-state index in [4.69, 9.17) is 4.74 Å². The van der Waals surface area contributed by atoms with Gasteiger partial charge in [-0.15, -0.1) is 0 Å². The van der Waals surface area contributed by atoms with Gasteiger partial charge in [-0.3, -0.25) is 10.1 Å². The van der Waals surface area contributed by atoms with Crippen LogP contribution in [-0.4, -0.2) is 46.1 Å². The third-order valence-corrected chi connectivity index (χ3v) is 5.23. The fraction of sp³-hybridized carbons (Fsp3) is 0.300. The van der Waals surface area contributed by atoms with Gasteiger partial charge in [0.15, 0.2) is 0 Å². The molecule has 2 heterocycles. The van der Waals surface area contributed by atoms with E-state index in [0.29, 0.717) is 5.56 Å². The molecule has 32 heavy (non-hydrogen) atoms. The van der Waals surface area contributed by atoms with Crippen LogP contribution in [0.3, 0.4) is 0 Å². The average Bonchev–Trinajstić information content (AvgIpc) is 2.91. The Hall–Kier alpha value is -3.28. The van der Waals surface area contributed by atoms with Crippen molar-refractivity contribution in [2.75, 3.05) is 16.8 Å². The lowest BCUT2D eigenvalue weighted by atomic mass is 10.2. The number of nitrogens with one attached hydrogen (secondary N) is 1. The SMILES string of the molecule is CCOC(=O)Nc1cc(CN2C(=O)N(c3ccc(SC(F)(F)F)cc3)C(=O)C2C)ccn1. The van der Waals surface area contributed by atoms with Gasteiger partial charge in [0.25, 0.3) is 5.91 Å². The van der Waals surface area contributed by atoms with Gasteiger partial charge in [-0.2, -0.15) is 13.2 Å². The van der Waals surface area contributed by atoms with Crippen LogP contribution in [0.25, 0.3) is 0 Å². The summed E-state index contributed by atoms with van der Waals surface area (Å²) in [5.41, 5.74) is -3.64. The van der Waals surface area contributed by atoms with Gasteiger partial charge in [-0.05, 0) is 67.6 Å². The molecule has 1 aliphatic rings. The normalized spacial score (nSPS) is 16.5. The van der Waals surface area contributed by atoms with Crippen molar-refractivity contribution in [2.45, 2.75) is 36.8 Å². The summed E-state index contributed by atoms with van der Waals surface area (Å²) in [6, 6.07) is 6.80. The van der Waals surface area contributed by atoms with E-state index in [0.717, 1.165) is 4.90 Å². The Morgan fingerprint density at radius 2 is 1.91 bits per heavy atom. The Bertz CT molecular complexity index is 1020. The number of pyridine rings is 1. The number of aromatic nitrogens is 1. The number of imide groups is 1. The molecule has 1 unspecified atom stereocenters. The molecule has 1 aromatic heterocycles. The zero-order valence-corrected chi connectivity index (χ0v) is 17.9. The molecule has 0 aliphatic carbocycles. The van der Waals surface area contributed by atoms with Gasteiger partial charge in [0, 0.05) is 17.6 Å². The van der Waals surface area contributed by atoms with E-state index < -0.39 is 29.6 Å². The molecule has 8 nitrogen and oxygen atoms in total. The van der Waals surface area contributed by atoms with Crippen LogP contribution in [0, 0.1) is 0 Å². The van der Waals surface area contributed by atoms with Crippen LogP contribution in [0.15, 0.2) is 47.5 Å². The second-order valence-corrected chi connectivity index (χ2v) is 7.84. The van der Waals surface area contributed by atoms with E-state index in [1.807, 2.05) is 0 Å². The number of hydrogen-bond acceptors (Lipinski definition) is 6. The number of urea groups is 1. The van der Waals surface area contributed by atoms with Crippen molar-refractivity contribution in [3.63, 3.8) is 0 Å². The maximum Gasteiger partial charge on any atom is 0.446 e. The molecule has 4 amide bonds. The molecule has 170 valence electrons. The molecule has 3 rings (SSSR count). The Morgan fingerprint density at radius 3 is 2.53 bits per heavy atom. The van der Waals surface area contributed by atoms with Gasteiger partial charge in [0.05, 0.1) is 12.3 Å². The van der Waals surface area contributed by atoms with Crippen LogP contribution in [0.5, 0.6) is 0 Å². The van der Waals surface area contributed by atoms with Crippen molar-refractivity contribution in [1.82, 2.24) is 9.88 Å². The highest BCUT2D eigenvalue weighted by Gasteiger charge is 2.43. The minimum Gasteiger partial charge on any atom is -0.450 e. The van der Waals surface area contributed by atoms with Gasteiger partial charge >= 0.3 is 17.6 Å². The van der Waals surface area contributed by atoms with E-state index in [2.05, 4.69) is 10.3 Å². The Kier molecular flexibility index (Phi) is 6.92. The molecule has 0 radical (unpaired) electrons. The Morgan fingerprint density at radius 1 is 1.22 bits per heavy atom. The van der Waals surface area contributed by atoms with Crippen LogP contribution in [0.1, 0.15) is 19.4 Å². The van der Waals surface area contributed by atoms with Gasteiger partial charge in [0.2, 0.25) is 0 Å². The first kappa shape index (κ1) is 23.4. The van der Waals surface area contributed by atoms with E-state index in [9.17, 15) is 27.6 Å². The number of carbonyl (C=O) groups is 3. The monoisotopic (exact) mass is 468 g/mol. The first-order valence-corrected chi connectivity index (χ1v) is 10.3. The van der Waals surface area contributed by atoms with Gasteiger partial charge in [-0.25, -0.2) is 19.5 Å². The minimum absolute atomic E-state index is 0.0522. The van der Waals surface area contributed by atoms with E-state index >= 15 is 0 Å². The molecule has 1 fully saturated rings. The number of benzene rings is 1. The van der Waals surface area contributed by atoms with Crippen molar-refractivity contribution in [3.8, 4) is 0 Å². The maximum absolute atomic E-state index is 12.9. The number of ether oxygens (including phenoxy) is 1. The van der Waals surface area contributed by atoms with Gasteiger partial charge in [-0.1, -0.05) is 0 Å². The lowest BCUT2D eigenvalue weighted by molar-refractivity contribution is -0.119. The molecule has 0 bridgehead atoms. The largest absolute Gasteiger partial charge is 0.450 e. The molecule has 1 aromatic carbocycles. The van der Waals surface area contributed by atoms with Crippen molar-refractivity contribution < 1.29 is 32.3 Å². The first-order valence-electron chi connectivity index (χ1n) is 9.48. The summed E-state index contributed by atoms with van der Waals surface area (Å²) in [6.07, 6.45) is 0.773. The number of thioether (sulfide) groups is 1. The summed E-state index contributed by atoms with van der Waals surface area (Å²) in [5.74, 6) is -0.272. The number of alkyl halides is 3. The average molecular weight is 468 g/mol. The number of hydrogen-bond donors (Lipinski definition) is 1. The fourth-order valence-electron chi connectivity index (χ4n) is 3.06. The van der Waals surface area contributed by atoms with E-state index in [-0.39, 0.29) is 41.3 Å². The molecule has 0 spiro atoms. The molecule has 2 aromatic rings. The topological polar surface area (TPSA) is 91.8 Å². The molecule has 1 atom stereocenters. The summed E-state index contributed by atoms with van der Waals surface area (Å²) in [4.78, 5) is 43.4. The smallest absolute Gasteiger partial charge is 0.446 e. The minimum atomic E-state index is -4.43. The van der Waals surface area contributed by atoms with Crippen LogP contribution in [-0.2, 0) is 16.1 Å². The summed E-state index contributed by atoms with van der Waals surface area (Å²) in [5, 5.41) is 2.46. The first-order chi connectivity index (χ1) is 15.1. The number of nitrogens with zero attached hydrogens (tertiary/aromatic N) is 3. The second kappa shape index (κ2) is 9.47. The highest BCUT2D eigenvalue weighted by molar-refractivity contribution is 8.00. The number of carbonyl (C=O) groups excluding carboxylic acids is 3. The maximum atomic E-state index is 12.9. The molecule has 1 N–H and O–H groups in total. The molecule has 0 saturated carbocycles. The van der Waals surface area contributed by atoms with Gasteiger partial charge < -0.3 is 9.64 Å². The van der Waals surface area contributed by atoms with Crippen LogP contribution in [0.4, 0.5) is 34.3 Å². The Labute approximate surface area is 185 Å². The molecule has 1 aliphatic heterocycles. The predicted octanol–water partition coefficient (Wildman–Crippen LogP) is 4.62. The fourth-order valence-corrected chi connectivity index (χ4v) is 3.60. The predicted molar refractivity (Wildman–Crippen MR) is 111 cm³/mol. The molecular weight excluding hydrogens is 449 g/mol. The molecular formula is C20H19F3N4O4S. The molecule has 1 saturated heterocycles. The Balaban J connectivity index is 1.74. The standard InChI is InChI=1S/C20H19F3N4O4S/c1-3-31-18(29)25-16-10-13(8-9-24-16)11-26-12(2)17(28)27(19(26)30)14-4-6-15(7-5-14)32-20(21,22)23/h4-10,12H,3,11H2,1-2H3,(H,24,25,29). The summed E-state index contributed by atoms with van der Waals surface area (Å²) in [7, 11) is 0. The number of anilines is 2. The number of rotatable bonds is 6. The third-order valence-electron chi connectivity index (χ3n) is 4.49. The zero-order valence-electron chi connectivity index (χ0n) is 17.0. The van der Waals surface area contributed by atoms with Crippen molar-refractivity contribution in [2.24, 2.45) is 0 Å². The molecule has 12 heteroatoms. The van der Waals surface area contributed by atoms with Crippen LogP contribution in [0.2, 0.25) is 0 Å². The lowest BCUT2D eigenvalue weighted by Crippen LogP contribution is -2.33. The van der Waals surface area contributed by atoms with Crippen molar-refractivity contribution >= 4 is 41.3 Å². The van der Waals surface area contributed by atoms with Crippen LogP contribution < -0.4 is 10.2 Å². The summed E-state index contributed by atoms with van der Waals surface area (Å²) < 4.78 is 42.3. The quantitative estimate of drug-likeness (QED) is 0.491. The summed E-state index contributed by atoms with van der Waals surface area (Å²) >= 11 is -0.279.